The van der Waals surface area contributed by atoms with Gasteiger partial charge in [0.1, 0.15) is 0 Å². The number of hydrogen-bond donors (Lipinski definition) is 0. The summed E-state index contributed by atoms with van der Waals surface area (Å²) >= 11 is 1.88. The van der Waals surface area contributed by atoms with E-state index in [4.69, 9.17) is 0 Å². The molecule has 0 unspecified atom stereocenters. The number of aromatic nitrogens is 1. The van der Waals surface area contributed by atoms with Crippen LogP contribution in [0.4, 0.5) is 0 Å². The zero-order valence-electron chi connectivity index (χ0n) is 22.8. The van der Waals surface area contributed by atoms with E-state index in [1.165, 1.54) is 80.7 Å². The van der Waals surface area contributed by atoms with E-state index < -0.39 is 0 Å². The minimum absolute atomic E-state index is 1.21. The summed E-state index contributed by atoms with van der Waals surface area (Å²) in [6.07, 6.45) is 0. The van der Waals surface area contributed by atoms with Gasteiger partial charge in [-0.05, 0) is 58.0 Å². The molecular weight excluding hydrogens is 527 g/mol. The maximum atomic E-state index is 2.42. The molecule has 9 rings (SSSR count). The lowest BCUT2D eigenvalue weighted by Crippen LogP contribution is -1.95. The molecule has 0 atom stereocenters. The van der Waals surface area contributed by atoms with Crippen molar-refractivity contribution in [1.29, 1.82) is 0 Å². The third kappa shape index (κ3) is 3.49. The normalized spacial score (nSPS) is 11.8. The molecule has 0 radical (unpaired) electrons. The van der Waals surface area contributed by atoms with E-state index in [1.54, 1.807) is 0 Å². The molecule has 2 heterocycles. The van der Waals surface area contributed by atoms with Crippen molar-refractivity contribution in [2.45, 2.75) is 0 Å². The van der Waals surface area contributed by atoms with Gasteiger partial charge in [0.2, 0.25) is 0 Å². The van der Waals surface area contributed by atoms with Gasteiger partial charge >= 0.3 is 0 Å². The van der Waals surface area contributed by atoms with E-state index >= 15 is 0 Å². The minimum Gasteiger partial charge on any atom is -0.309 e. The van der Waals surface area contributed by atoms with Crippen molar-refractivity contribution in [3.63, 3.8) is 0 Å². The van der Waals surface area contributed by atoms with Crippen molar-refractivity contribution < 1.29 is 0 Å². The number of fused-ring (bicyclic) bond motifs is 7. The molecule has 2 aromatic heterocycles. The van der Waals surface area contributed by atoms with Crippen LogP contribution in [0.3, 0.4) is 0 Å². The van der Waals surface area contributed by atoms with Crippen molar-refractivity contribution in [2.24, 2.45) is 0 Å². The largest absolute Gasteiger partial charge is 0.309 e. The Bertz CT molecular complexity index is 2450. The van der Waals surface area contributed by atoms with Crippen LogP contribution in [0, 0.1) is 0 Å². The van der Waals surface area contributed by atoms with Gasteiger partial charge in [-0.2, -0.15) is 0 Å². The molecule has 0 aliphatic carbocycles. The molecule has 42 heavy (non-hydrogen) atoms. The fraction of sp³-hybridized carbons (Fsp3) is 0. The summed E-state index contributed by atoms with van der Waals surface area (Å²) < 4.78 is 5.12. The van der Waals surface area contributed by atoms with Gasteiger partial charge in [-0.1, -0.05) is 121 Å². The van der Waals surface area contributed by atoms with Gasteiger partial charge in [0.15, 0.2) is 0 Å². The Morgan fingerprint density at radius 3 is 1.95 bits per heavy atom. The van der Waals surface area contributed by atoms with Crippen LogP contribution in [0.5, 0.6) is 0 Å². The van der Waals surface area contributed by atoms with Crippen LogP contribution in [0.15, 0.2) is 152 Å². The highest BCUT2D eigenvalue weighted by Crippen LogP contribution is 2.41. The van der Waals surface area contributed by atoms with Crippen molar-refractivity contribution in [1.82, 2.24) is 4.57 Å². The molecule has 0 bridgehead atoms. The van der Waals surface area contributed by atoms with Crippen molar-refractivity contribution in [3.8, 4) is 27.9 Å². The second kappa shape index (κ2) is 9.17. The SMILES string of the molecule is c1ccc2c(-n3c4ccccc4c4cc(-c5ccc(-c6cccc7c6sc6ccccc67)cc5)ccc43)cccc2c1. The third-order valence-corrected chi connectivity index (χ3v) is 9.83. The highest BCUT2D eigenvalue weighted by molar-refractivity contribution is 7.26. The van der Waals surface area contributed by atoms with E-state index in [-0.39, 0.29) is 0 Å². The first-order chi connectivity index (χ1) is 20.8. The standard InChI is InChI=1S/C40H25NS/c1-2-11-30-27(9-1)10-7-17-36(30)41-37-16-5-3-12-32(37)35-25-29(23-24-38(35)41)26-19-21-28(22-20-26)31-14-8-15-34-33-13-4-6-18-39(33)42-40(31)34/h1-25H. The molecule has 9 aromatic rings. The van der Waals surface area contributed by atoms with Gasteiger partial charge in [-0.25, -0.2) is 0 Å². The third-order valence-electron chi connectivity index (χ3n) is 8.61. The van der Waals surface area contributed by atoms with Crippen LogP contribution in [-0.2, 0) is 0 Å². The summed E-state index contributed by atoms with van der Waals surface area (Å²) in [4.78, 5) is 0. The highest BCUT2D eigenvalue weighted by atomic mass is 32.1. The number of thiophene rings is 1. The quantitative estimate of drug-likeness (QED) is 0.206. The number of hydrogen-bond acceptors (Lipinski definition) is 1. The predicted molar refractivity (Wildman–Crippen MR) is 182 cm³/mol. The monoisotopic (exact) mass is 551 g/mol. The average molecular weight is 552 g/mol. The second-order valence-electron chi connectivity index (χ2n) is 10.9. The van der Waals surface area contributed by atoms with E-state index in [9.17, 15) is 0 Å². The van der Waals surface area contributed by atoms with Crippen LogP contribution < -0.4 is 0 Å². The van der Waals surface area contributed by atoms with E-state index in [2.05, 4.69) is 156 Å². The number of para-hydroxylation sites is 1. The molecule has 196 valence electrons. The summed E-state index contributed by atoms with van der Waals surface area (Å²) in [6.45, 7) is 0. The molecule has 0 saturated heterocycles. The van der Waals surface area contributed by atoms with Gasteiger partial charge in [-0.3, -0.25) is 0 Å². The molecule has 7 aromatic carbocycles. The summed E-state index contributed by atoms with van der Waals surface area (Å²) in [6, 6.07) is 55.4. The Morgan fingerprint density at radius 1 is 0.405 bits per heavy atom. The topological polar surface area (TPSA) is 4.93 Å². The van der Waals surface area contributed by atoms with E-state index in [0.29, 0.717) is 0 Å². The summed E-state index contributed by atoms with van der Waals surface area (Å²) in [7, 11) is 0. The first-order valence-corrected chi connectivity index (χ1v) is 15.2. The van der Waals surface area contributed by atoms with Gasteiger partial charge in [0.05, 0.1) is 16.7 Å². The highest BCUT2D eigenvalue weighted by Gasteiger charge is 2.15. The number of rotatable bonds is 3. The molecule has 0 spiro atoms. The van der Waals surface area contributed by atoms with Gasteiger partial charge in [-0.15, -0.1) is 11.3 Å². The summed E-state index contributed by atoms with van der Waals surface area (Å²) in [5.74, 6) is 0. The van der Waals surface area contributed by atoms with Gasteiger partial charge < -0.3 is 4.57 Å². The van der Waals surface area contributed by atoms with Gasteiger partial charge in [0.25, 0.3) is 0 Å². The van der Waals surface area contributed by atoms with Crippen LogP contribution in [0.25, 0.3) is 80.7 Å². The fourth-order valence-electron chi connectivity index (χ4n) is 6.63. The lowest BCUT2D eigenvalue weighted by Gasteiger charge is -2.12. The van der Waals surface area contributed by atoms with Crippen molar-refractivity contribution in [3.05, 3.63) is 152 Å². The predicted octanol–water partition coefficient (Wildman–Crippen LogP) is 11.6. The Kier molecular flexibility index (Phi) is 5.13. The zero-order chi connectivity index (χ0) is 27.6. The first kappa shape index (κ1) is 23.5. The molecule has 0 N–H and O–H groups in total. The lowest BCUT2D eigenvalue weighted by atomic mass is 9.98. The lowest BCUT2D eigenvalue weighted by molar-refractivity contribution is 1.20. The Hall–Kier alpha value is -5.18. The van der Waals surface area contributed by atoms with Gasteiger partial charge in [0, 0.05) is 36.3 Å². The van der Waals surface area contributed by atoms with Crippen LogP contribution >= 0.6 is 11.3 Å². The summed E-state index contributed by atoms with van der Waals surface area (Å²) in [5.41, 5.74) is 8.68. The Labute approximate surface area is 247 Å². The maximum Gasteiger partial charge on any atom is 0.0541 e. The van der Waals surface area contributed by atoms with Crippen LogP contribution in [0.1, 0.15) is 0 Å². The number of nitrogens with zero attached hydrogens (tertiary/aromatic N) is 1. The fourth-order valence-corrected chi connectivity index (χ4v) is 7.87. The second-order valence-corrected chi connectivity index (χ2v) is 12.0. The Morgan fingerprint density at radius 2 is 1.05 bits per heavy atom. The molecule has 0 aliphatic rings. The summed E-state index contributed by atoms with van der Waals surface area (Å²) in [5, 5.41) is 7.74. The van der Waals surface area contributed by atoms with Crippen molar-refractivity contribution >= 4 is 64.1 Å². The van der Waals surface area contributed by atoms with Crippen molar-refractivity contribution in [2.75, 3.05) is 0 Å². The molecule has 0 aliphatic heterocycles. The molecule has 0 fully saturated rings. The minimum atomic E-state index is 1.21. The average Bonchev–Trinajstić information content (AvgIpc) is 3.60. The zero-order valence-corrected chi connectivity index (χ0v) is 23.6. The molecule has 2 heteroatoms. The van der Waals surface area contributed by atoms with E-state index in [1.807, 2.05) is 11.3 Å². The van der Waals surface area contributed by atoms with Crippen LogP contribution in [-0.4, -0.2) is 4.57 Å². The molecular formula is C40H25NS. The van der Waals surface area contributed by atoms with E-state index in [0.717, 1.165) is 0 Å². The maximum absolute atomic E-state index is 2.42. The molecule has 0 saturated carbocycles. The Balaban J connectivity index is 1.18. The van der Waals surface area contributed by atoms with Crippen LogP contribution in [0.2, 0.25) is 0 Å². The molecule has 1 nitrogen and oxygen atoms in total. The number of benzene rings is 7. The first-order valence-electron chi connectivity index (χ1n) is 14.4. The molecule has 0 amide bonds. The smallest absolute Gasteiger partial charge is 0.0541 e.